The summed E-state index contributed by atoms with van der Waals surface area (Å²) in [5, 5.41) is 14.1. The lowest BCUT2D eigenvalue weighted by atomic mass is 9.92. The van der Waals surface area contributed by atoms with Gasteiger partial charge >= 0.3 is 0 Å². The number of aromatic nitrogens is 3. The van der Waals surface area contributed by atoms with Gasteiger partial charge in [-0.25, -0.2) is 13.2 Å². The van der Waals surface area contributed by atoms with E-state index in [1.54, 1.807) is 31.2 Å². The third-order valence-electron chi connectivity index (χ3n) is 7.59. The van der Waals surface area contributed by atoms with E-state index in [0.29, 0.717) is 62.1 Å². The molecule has 45 heavy (non-hydrogen) atoms. The van der Waals surface area contributed by atoms with Gasteiger partial charge in [0.05, 0.1) is 33.4 Å². The summed E-state index contributed by atoms with van der Waals surface area (Å²) in [4.78, 5) is 32.7. The Labute approximate surface area is 260 Å². The first-order valence-electron chi connectivity index (χ1n) is 14.3. The van der Waals surface area contributed by atoms with E-state index in [-0.39, 0.29) is 36.1 Å². The van der Waals surface area contributed by atoms with Gasteiger partial charge in [-0.05, 0) is 66.3 Å². The third kappa shape index (κ3) is 6.10. The normalized spacial score (nSPS) is 14.1. The summed E-state index contributed by atoms with van der Waals surface area (Å²) >= 11 is 1.17. The number of nitrogens with zero attached hydrogens (tertiary/aromatic N) is 3. The molecule has 1 aliphatic rings. The highest BCUT2D eigenvalue weighted by Gasteiger charge is 2.38. The Hall–Kier alpha value is -4.84. The summed E-state index contributed by atoms with van der Waals surface area (Å²) in [6.07, 6.45) is 0.954. The van der Waals surface area contributed by atoms with Crippen LogP contribution in [0.25, 0.3) is 21.9 Å². The lowest BCUT2D eigenvalue weighted by molar-refractivity contribution is 0.0943. The van der Waals surface area contributed by atoms with Crippen LogP contribution in [-0.2, 0) is 19.4 Å². The predicted octanol–water partition coefficient (Wildman–Crippen LogP) is 6.74. The van der Waals surface area contributed by atoms with Crippen molar-refractivity contribution in [2.45, 2.75) is 46.2 Å². The minimum absolute atomic E-state index is 0.00750. The number of amides is 2. The number of halogens is 3. The summed E-state index contributed by atoms with van der Waals surface area (Å²) in [7, 11) is 0. The van der Waals surface area contributed by atoms with E-state index in [9.17, 15) is 22.8 Å². The van der Waals surface area contributed by atoms with Crippen LogP contribution < -0.4 is 10.6 Å². The van der Waals surface area contributed by atoms with Gasteiger partial charge in [-0.3, -0.25) is 14.6 Å². The van der Waals surface area contributed by atoms with Crippen molar-refractivity contribution in [1.82, 2.24) is 25.8 Å². The fourth-order valence-corrected chi connectivity index (χ4v) is 6.34. The van der Waals surface area contributed by atoms with Crippen LogP contribution >= 0.6 is 11.3 Å². The first-order chi connectivity index (χ1) is 21.6. The molecule has 1 aliphatic heterocycles. The minimum atomic E-state index is -0.997. The van der Waals surface area contributed by atoms with Crippen molar-refractivity contribution in [3.63, 3.8) is 0 Å². The second-order valence-electron chi connectivity index (χ2n) is 11.1. The van der Waals surface area contributed by atoms with Crippen LogP contribution in [0.5, 0.6) is 0 Å². The van der Waals surface area contributed by atoms with Gasteiger partial charge in [-0.1, -0.05) is 32.0 Å². The molecule has 2 amide bonds. The molecule has 0 saturated carbocycles. The number of benzene rings is 2. The zero-order valence-corrected chi connectivity index (χ0v) is 25.4. The SMILES string of the molecule is Cc1nnc(-c2c(CCc3ccc(F)cc3)nc3c(c2-c2ccc(C(=O)NCc4ccc(F)c(F)c4)s2)C(=O)NC3C(C)C)o1. The van der Waals surface area contributed by atoms with Crippen molar-refractivity contribution >= 4 is 23.2 Å². The maximum Gasteiger partial charge on any atom is 0.261 e. The number of rotatable bonds is 9. The molecule has 0 aliphatic carbocycles. The number of fused-ring (bicyclic) bond motifs is 1. The Kier molecular flexibility index (Phi) is 8.24. The Morgan fingerprint density at radius 3 is 2.40 bits per heavy atom. The van der Waals surface area contributed by atoms with Gasteiger partial charge in [0, 0.05) is 23.9 Å². The van der Waals surface area contributed by atoms with E-state index in [2.05, 4.69) is 20.8 Å². The topological polar surface area (TPSA) is 110 Å². The molecular weight excluding hydrogens is 603 g/mol. The fraction of sp³-hybridized carbons (Fsp3) is 0.242. The van der Waals surface area contributed by atoms with E-state index >= 15 is 0 Å². The number of thiophene rings is 1. The minimum Gasteiger partial charge on any atom is -0.421 e. The highest BCUT2D eigenvalue weighted by molar-refractivity contribution is 7.17. The van der Waals surface area contributed by atoms with Gasteiger partial charge in [-0.15, -0.1) is 21.5 Å². The largest absolute Gasteiger partial charge is 0.421 e. The standard InChI is InChI=1S/C33H28F3N5O3S/c1-16(2)29-30-28(32(43)39-29)27(24-12-13-25(45-24)31(42)37-15-19-6-10-21(35)22(36)14-19)26(33-41-40-17(3)44-33)23(38-30)11-7-18-4-8-20(34)9-5-18/h4-6,8-10,12-14,16,29H,7,11,15H2,1-3H3,(H,37,42)(H,39,43). The molecule has 0 fully saturated rings. The predicted molar refractivity (Wildman–Crippen MR) is 162 cm³/mol. The van der Waals surface area contributed by atoms with E-state index in [1.807, 2.05) is 13.8 Å². The van der Waals surface area contributed by atoms with Gasteiger partial charge in [-0.2, -0.15) is 0 Å². The molecule has 230 valence electrons. The Bertz CT molecular complexity index is 1920. The highest BCUT2D eigenvalue weighted by atomic mass is 32.1. The zero-order valence-electron chi connectivity index (χ0n) is 24.6. The van der Waals surface area contributed by atoms with Gasteiger partial charge < -0.3 is 15.1 Å². The molecule has 0 bridgehead atoms. The van der Waals surface area contributed by atoms with Crippen molar-refractivity contribution in [1.29, 1.82) is 0 Å². The van der Waals surface area contributed by atoms with Crippen LogP contribution in [0.15, 0.2) is 59.0 Å². The average Bonchev–Trinajstić information content (AvgIpc) is 3.75. The van der Waals surface area contributed by atoms with Gasteiger partial charge in [0.2, 0.25) is 11.8 Å². The number of carbonyl (C=O) groups excluding carboxylic acids is 2. The molecule has 1 unspecified atom stereocenters. The second kappa shape index (κ2) is 12.3. The van der Waals surface area contributed by atoms with E-state index in [0.717, 1.165) is 17.7 Å². The summed E-state index contributed by atoms with van der Waals surface area (Å²) in [5.41, 5.74) is 3.92. The Morgan fingerprint density at radius 2 is 1.71 bits per heavy atom. The maximum absolute atomic E-state index is 13.7. The number of pyridine rings is 1. The van der Waals surface area contributed by atoms with Crippen LogP contribution in [0.4, 0.5) is 13.2 Å². The molecule has 2 N–H and O–H groups in total. The van der Waals surface area contributed by atoms with Gasteiger partial charge in [0.1, 0.15) is 5.82 Å². The first kappa shape index (κ1) is 30.2. The molecule has 1 atom stereocenters. The lowest BCUT2D eigenvalue weighted by Crippen LogP contribution is -2.23. The lowest BCUT2D eigenvalue weighted by Gasteiger charge is -2.18. The number of aryl methyl sites for hydroxylation is 3. The highest BCUT2D eigenvalue weighted by Crippen LogP contribution is 2.45. The smallest absolute Gasteiger partial charge is 0.261 e. The molecule has 0 spiro atoms. The van der Waals surface area contributed by atoms with Crippen LogP contribution in [0.3, 0.4) is 0 Å². The molecule has 0 saturated heterocycles. The van der Waals surface area contributed by atoms with Crippen LogP contribution in [0.1, 0.15) is 68.3 Å². The van der Waals surface area contributed by atoms with Crippen molar-refractivity contribution in [3.05, 3.63) is 111 Å². The molecule has 0 radical (unpaired) electrons. The molecule has 5 aromatic rings. The number of carbonyl (C=O) groups is 2. The molecule has 3 aromatic heterocycles. The number of nitrogens with one attached hydrogen (secondary N) is 2. The third-order valence-corrected chi connectivity index (χ3v) is 8.69. The second-order valence-corrected chi connectivity index (χ2v) is 12.2. The summed E-state index contributed by atoms with van der Waals surface area (Å²) in [5.74, 6) is -2.46. The van der Waals surface area contributed by atoms with Crippen LogP contribution in [0, 0.1) is 30.3 Å². The number of hydrogen-bond acceptors (Lipinski definition) is 7. The Morgan fingerprint density at radius 1 is 0.956 bits per heavy atom. The van der Waals surface area contributed by atoms with Crippen molar-refractivity contribution in [2.24, 2.45) is 5.92 Å². The van der Waals surface area contributed by atoms with E-state index in [1.165, 1.54) is 29.5 Å². The molecule has 2 aromatic carbocycles. The van der Waals surface area contributed by atoms with Crippen LogP contribution in [0.2, 0.25) is 0 Å². The quantitative estimate of drug-likeness (QED) is 0.187. The molecule has 8 nitrogen and oxygen atoms in total. The summed E-state index contributed by atoms with van der Waals surface area (Å²) in [6, 6.07) is 12.7. The number of hydrogen-bond donors (Lipinski definition) is 2. The van der Waals surface area contributed by atoms with E-state index < -0.39 is 17.5 Å². The monoisotopic (exact) mass is 631 g/mol. The maximum atomic E-state index is 13.7. The van der Waals surface area contributed by atoms with Gasteiger partial charge in [0.25, 0.3) is 11.8 Å². The molecule has 4 heterocycles. The zero-order chi connectivity index (χ0) is 31.8. The molecule has 6 rings (SSSR count). The summed E-state index contributed by atoms with van der Waals surface area (Å²) in [6.45, 7) is 5.65. The molecular formula is C33H28F3N5O3S. The molecule has 12 heteroatoms. The first-order valence-corrected chi connectivity index (χ1v) is 15.2. The van der Waals surface area contributed by atoms with Gasteiger partial charge in [0.15, 0.2) is 11.6 Å². The summed E-state index contributed by atoms with van der Waals surface area (Å²) < 4.78 is 46.5. The van der Waals surface area contributed by atoms with Crippen molar-refractivity contribution < 1.29 is 27.2 Å². The van der Waals surface area contributed by atoms with Crippen molar-refractivity contribution in [3.8, 4) is 21.9 Å². The Balaban J connectivity index is 1.43. The average molecular weight is 632 g/mol. The van der Waals surface area contributed by atoms with Crippen molar-refractivity contribution in [2.75, 3.05) is 0 Å². The fourth-order valence-electron chi connectivity index (χ4n) is 5.36. The van der Waals surface area contributed by atoms with Crippen LogP contribution in [-0.4, -0.2) is 27.0 Å². The van der Waals surface area contributed by atoms with E-state index in [4.69, 9.17) is 9.40 Å².